The van der Waals surface area contributed by atoms with Gasteiger partial charge in [-0.1, -0.05) is 28.1 Å². The van der Waals surface area contributed by atoms with E-state index in [-0.39, 0.29) is 29.6 Å². The van der Waals surface area contributed by atoms with E-state index in [9.17, 15) is 18.3 Å². The summed E-state index contributed by atoms with van der Waals surface area (Å²) in [6.45, 7) is 0. The Morgan fingerprint density at radius 1 is 1.09 bits per heavy atom. The van der Waals surface area contributed by atoms with Crippen LogP contribution in [0.15, 0.2) is 40.9 Å². The van der Waals surface area contributed by atoms with Gasteiger partial charge in [0.2, 0.25) is 0 Å². The Kier molecular flexibility index (Phi) is 6.15. The number of hydrogen-bond donors (Lipinski definition) is 3. The summed E-state index contributed by atoms with van der Waals surface area (Å²) in [6.07, 6.45) is -4.75. The van der Waals surface area contributed by atoms with E-state index in [1.165, 1.54) is 18.2 Å². The molecule has 9 heteroatoms. The standard InChI is InChI=1S/C14H12BrF3N2O2.ClH/c15-9-5-6-10(19)13(21)11(9)12(20)7-1-3-8(4-2-7)22-14(16,17)18;/h1-6,12,21H,19-20H2;1H/t12-;/m0./s1. The third-order valence-corrected chi connectivity index (χ3v) is 3.67. The van der Waals surface area contributed by atoms with Crippen LogP contribution in [0.2, 0.25) is 0 Å². The molecule has 2 aromatic rings. The third-order valence-electron chi connectivity index (χ3n) is 2.98. The van der Waals surface area contributed by atoms with Gasteiger partial charge in [-0.15, -0.1) is 25.6 Å². The van der Waals surface area contributed by atoms with Crippen molar-refractivity contribution in [2.24, 2.45) is 5.73 Å². The highest BCUT2D eigenvalue weighted by Gasteiger charge is 2.31. The van der Waals surface area contributed by atoms with Crippen molar-refractivity contribution < 1.29 is 23.0 Å². The van der Waals surface area contributed by atoms with E-state index in [2.05, 4.69) is 20.7 Å². The lowest BCUT2D eigenvalue weighted by atomic mass is 9.98. The normalized spacial score (nSPS) is 12.4. The van der Waals surface area contributed by atoms with Gasteiger partial charge in [-0.05, 0) is 29.8 Å². The predicted molar refractivity (Wildman–Crippen MR) is 86.6 cm³/mol. The summed E-state index contributed by atoms with van der Waals surface area (Å²) in [4.78, 5) is 0. The summed E-state index contributed by atoms with van der Waals surface area (Å²) in [5.74, 6) is -0.517. The van der Waals surface area contributed by atoms with E-state index in [0.717, 1.165) is 12.1 Å². The first-order valence-electron chi connectivity index (χ1n) is 6.07. The van der Waals surface area contributed by atoms with Crippen LogP contribution in [0.3, 0.4) is 0 Å². The van der Waals surface area contributed by atoms with Crippen LogP contribution in [0, 0.1) is 0 Å². The van der Waals surface area contributed by atoms with Gasteiger partial charge < -0.3 is 21.3 Å². The highest BCUT2D eigenvalue weighted by molar-refractivity contribution is 9.10. The third kappa shape index (κ3) is 4.66. The number of halogens is 5. The van der Waals surface area contributed by atoms with Gasteiger partial charge >= 0.3 is 6.36 Å². The number of aromatic hydroxyl groups is 1. The Balaban J connectivity index is 0.00000264. The summed E-state index contributed by atoms with van der Waals surface area (Å²) in [5.41, 5.74) is 12.7. The van der Waals surface area contributed by atoms with Crippen molar-refractivity contribution in [1.82, 2.24) is 0 Å². The average Bonchev–Trinajstić information content (AvgIpc) is 2.42. The van der Waals surface area contributed by atoms with Gasteiger partial charge in [0.1, 0.15) is 11.5 Å². The molecular weight excluding hydrogens is 401 g/mol. The molecule has 2 aromatic carbocycles. The van der Waals surface area contributed by atoms with Gasteiger partial charge in [0, 0.05) is 10.0 Å². The fraction of sp³-hybridized carbons (Fsp3) is 0.143. The molecule has 0 spiro atoms. The van der Waals surface area contributed by atoms with Gasteiger partial charge in [0.25, 0.3) is 0 Å². The number of phenols is 1. The van der Waals surface area contributed by atoms with Gasteiger partial charge in [0.15, 0.2) is 0 Å². The SMILES string of the molecule is Cl.Nc1ccc(Br)c([C@@H](N)c2ccc(OC(F)(F)F)cc2)c1O. The van der Waals surface area contributed by atoms with E-state index in [1.807, 2.05) is 0 Å². The second-order valence-corrected chi connectivity index (χ2v) is 5.35. The molecule has 23 heavy (non-hydrogen) atoms. The Morgan fingerprint density at radius 3 is 2.17 bits per heavy atom. The Hall–Kier alpha value is -1.64. The second-order valence-electron chi connectivity index (χ2n) is 4.49. The molecule has 0 heterocycles. The van der Waals surface area contributed by atoms with Crippen LogP contribution >= 0.6 is 28.3 Å². The fourth-order valence-electron chi connectivity index (χ4n) is 1.94. The number of ether oxygens (including phenoxy) is 1. The topological polar surface area (TPSA) is 81.5 Å². The zero-order chi connectivity index (χ0) is 16.5. The van der Waals surface area contributed by atoms with Gasteiger partial charge in [-0.25, -0.2) is 0 Å². The van der Waals surface area contributed by atoms with E-state index < -0.39 is 12.4 Å². The van der Waals surface area contributed by atoms with Crippen LogP contribution in [0.4, 0.5) is 18.9 Å². The molecule has 2 rings (SSSR count). The lowest BCUT2D eigenvalue weighted by molar-refractivity contribution is -0.274. The fourth-order valence-corrected chi connectivity index (χ4v) is 2.51. The average molecular weight is 414 g/mol. The van der Waals surface area contributed by atoms with Crippen molar-refractivity contribution in [1.29, 1.82) is 0 Å². The Bertz CT molecular complexity index is 681. The van der Waals surface area contributed by atoms with Crippen molar-refractivity contribution in [3.05, 3.63) is 52.0 Å². The summed E-state index contributed by atoms with van der Waals surface area (Å²) in [5, 5.41) is 10.0. The van der Waals surface area contributed by atoms with Crippen molar-refractivity contribution in [2.45, 2.75) is 12.4 Å². The number of phenolic OH excluding ortho intramolecular Hbond substituents is 1. The molecule has 4 nitrogen and oxygen atoms in total. The molecule has 0 aliphatic rings. The van der Waals surface area contributed by atoms with Gasteiger partial charge in [0.05, 0.1) is 11.7 Å². The molecule has 0 bridgehead atoms. The zero-order valence-corrected chi connectivity index (χ0v) is 13.9. The quantitative estimate of drug-likeness (QED) is 0.522. The van der Waals surface area contributed by atoms with E-state index >= 15 is 0 Å². The molecule has 0 unspecified atom stereocenters. The van der Waals surface area contributed by atoms with Crippen LogP contribution in [0.5, 0.6) is 11.5 Å². The number of alkyl halides is 3. The maximum Gasteiger partial charge on any atom is 0.573 e. The molecule has 1 atom stereocenters. The van der Waals surface area contributed by atoms with E-state index in [0.29, 0.717) is 15.6 Å². The number of nitrogens with two attached hydrogens (primary N) is 2. The molecular formula is C14H13BrClF3N2O2. The van der Waals surface area contributed by atoms with E-state index in [4.69, 9.17) is 11.5 Å². The molecule has 0 saturated carbocycles. The monoisotopic (exact) mass is 412 g/mol. The summed E-state index contributed by atoms with van der Waals surface area (Å²) < 4.78 is 40.7. The van der Waals surface area contributed by atoms with Gasteiger partial charge in [-0.3, -0.25) is 0 Å². The smallest absolute Gasteiger partial charge is 0.505 e. The molecule has 0 aliphatic heterocycles. The molecule has 0 amide bonds. The highest BCUT2D eigenvalue weighted by atomic mass is 79.9. The lowest BCUT2D eigenvalue weighted by Crippen LogP contribution is -2.17. The van der Waals surface area contributed by atoms with Crippen molar-refractivity contribution in [3.63, 3.8) is 0 Å². The first-order chi connectivity index (χ1) is 10.2. The van der Waals surface area contributed by atoms with Crippen LogP contribution in [0.25, 0.3) is 0 Å². The number of rotatable bonds is 3. The Morgan fingerprint density at radius 2 is 1.65 bits per heavy atom. The minimum atomic E-state index is -4.75. The molecule has 126 valence electrons. The number of hydrogen-bond acceptors (Lipinski definition) is 4. The predicted octanol–water partition coefficient (Wildman–Crippen LogP) is 4.11. The maximum absolute atomic E-state index is 12.1. The molecule has 0 aliphatic carbocycles. The molecule has 0 saturated heterocycles. The summed E-state index contributed by atoms with van der Waals surface area (Å²) in [6, 6.07) is 7.46. The van der Waals surface area contributed by atoms with Crippen molar-refractivity contribution in [2.75, 3.05) is 5.73 Å². The molecule has 5 N–H and O–H groups in total. The molecule has 0 radical (unpaired) electrons. The second kappa shape index (κ2) is 7.29. The Labute approximate surface area is 144 Å². The van der Waals surface area contributed by atoms with E-state index in [1.54, 1.807) is 6.07 Å². The highest BCUT2D eigenvalue weighted by Crippen LogP contribution is 2.38. The molecule has 0 fully saturated rings. The number of anilines is 1. The van der Waals surface area contributed by atoms with Gasteiger partial charge in [-0.2, -0.15) is 0 Å². The molecule has 0 aromatic heterocycles. The van der Waals surface area contributed by atoms with Crippen LogP contribution in [0.1, 0.15) is 17.2 Å². The zero-order valence-electron chi connectivity index (χ0n) is 11.5. The van der Waals surface area contributed by atoms with Crippen molar-refractivity contribution in [3.8, 4) is 11.5 Å². The van der Waals surface area contributed by atoms with Crippen LogP contribution in [-0.2, 0) is 0 Å². The van der Waals surface area contributed by atoms with Crippen LogP contribution < -0.4 is 16.2 Å². The number of nitrogen functional groups attached to an aromatic ring is 1. The maximum atomic E-state index is 12.1. The lowest BCUT2D eigenvalue weighted by Gasteiger charge is -2.17. The minimum absolute atomic E-state index is 0. The first-order valence-corrected chi connectivity index (χ1v) is 6.86. The summed E-state index contributed by atoms with van der Waals surface area (Å²) in [7, 11) is 0. The summed E-state index contributed by atoms with van der Waals surface area (Å²) >= 11 is 3.26. The largest absolute Gasteiger partial charge is 0.573 e. The van der Waals surface area contributed by atoms with Crippen molar-refractivity contribution >= 4 is 34.0 Å². The van der Waals surface area contributed by atoms with Crippen LogP contribution in [-0.4, -0.2) is 11.5 Å². The number of benzene rings is 2. The minimum Gasteiger partial charge on any atom is -0.505 e. The first kappa shape index (κ1) is 19.4.